The molecule has 1 unspecified atom stereocenters. The standard InChI is InChI=1S/C12H18.C2H6/c1-5-10(3)12-8-9(2)6-7-11(12)4;1-2/h6-8,10H,5H2,1-4H3;1-2H3. The summed E-state index contributed by atoms with van der Waals surface area (Å²) in [5.41, 5.74) is 4.31. The minimum absolute atomic E-state index is 0.699. The third-order valence-electron chi connectivity index (χ3n) is 2.58. The lowest BCUT2D eigenvalue weighted by molar-refractivity contribution is 0.727. The maximum atomic E-state index is 2.31. The number of benzene rings is 1. The zero-order valence-corrected chi connectivity index (χ0v) is 10.5. The van der Waals surface area contributed by atoms with Crippen molar-refractivity contribution in [2.24, 2.45) is 0 Å². The zero-order chi connectivity index (χ0) is 11.1. The van der Waals surface area contributed by atoms with Gasteiger partial charge in [0.05, 0.1) is 0 Å². The Labute approximate surface area is 89.4 Å². The van der Waals surface area contributed by atoms with Gasteiger partial charge in [0.25, 0.3) is 0 Å². The first-order valence-electron chi connectivity index (χ1n) is 5.72. The molecule has 1 aromatic carbocycles. The first-order valence-corrected chi connectivity index (χ1v) is 5.72. The van der Waals surface area contributed by atoms with Crippen LogP contribution in [0.5, 0.6) is 0 Å². The second-order valence-electron chi connectivity index (χ2n) is 3.67. The molecule has 0 nitrogen and oxygen atoms in total. The highest BCUT2D eigenvalue weighted by atomic mass is 14.1. The van der Waals surface area contributed by atoms with Crippen LogP contribution in [-0.2, 0) is 0 Å². The minimum atomic E-state index is 0.699. The molecule has 0 bridgehead atoms. The van der Waals surface area contributed by atoms with Gasteiger partial charge in [-0.3, -0.25) is 0 Å². The summed E-state index contributed by atoms with van der Waals surface area (Å²) in [6.45, 7) is 12.9. The van der Waals surface area contributed by atoms with Gasteiger partial charge in [-0.15, -0.1) is 0 Å². The van der Waals surface area contributed by atoms with Crippen molar-refractivity contribution < 1.29 is 0 Å². The molecule has 0 fully saturated rings. The van der Waals surface area contributed by atoms with Gasteiger partial charge in [-0.25, -0.2) is 0 Å². The Hall–Kier alpha value is -0.780. The maximum Gasteiger partial charge on any atom is -0.0190 e. The fourth-order valence-electron chi connectivity index (χ4n) is 1.51. The summed E-state index contributed by atoms with van der Waals surface area (Å²) in [4.78, 5) is 0. The number of hydrogen-bond acceptors (Lipinski definition) is 0. The monoisotopic (exact) mass is 192 g/mol. The van der Waals surface area contributed by atoms with Crippen molar-refractivity contribution >= 4 is 0 Å². The lowest BCUT2D eigenvalue weighted by atomic mass is 9.93. The highest BCUT2D eigenvalue weighted by molar-refractivity contribution is 5.32. The molecule has 0 aliphatic carbocycles. The molecule has 0 spiro atoms. The van der Waals surface area contributed by atoms with Gasteiger partial charge in [0.1, 0.15) is 0 Å². The average Bonchev–Trinajstić information content (AvgIpc) is 2.23. The Morgan fingerprint density at radius 1 is 1.14 bits per heavy atom. The van der Waals surface area contributed by atoms with E-state index in [9.17, 15) is 0 Å². The molecule has 0 amide bonds. The second kappa shape index (κ2) is 6.64. The molecule has 0 aliphatic rings. The van der Waals surface area contributed by atoms with E-state index in [0.29, 0.717) is 5.92 Å². The highest BCUT2D eigenvalue weighted by Crippen LogP contribution is 2.22. The van der Waals surface area contributed by atoms with Gasteiger partial charge >= 0.3 is 0 Å². The van der Waals surface area contributed by atoms with E-state index < -0.39 is 0 Å². The van der Waals surface area contributed by atoms with Gasteiger partial charge in [-0.1, -0.05) is 51.5 Å². The first kappa shape index (κ1) is 13.2. The first-order chi connectivity index (χ1) is 6.65. The third kappa shape index (κ3) is 3.53. The molecule has 0 radical (unpaired) electrons. The van der Waals surface area contributed by atoms with E-state index in [1.165, 1.54) is 23.1 Å². The van der Waals surface area contributed by atoms with Crippen LogP contribution in [0, 0.1) is 13.8 Å². The van der Waals surface area contributed by atoms with Crippen LogP contribution in [-0.4, -0.2) is 0 Å². The Balaban J connectivity index is 0.000000791. The van der Waals surface area contributed by atoms with Gasteiger partial charge in [0.2, 0.25) is 0 Å². The van der Waals surface area contributed by atoms with Crippen LogP contribution in [0.1, 0.15) is 56.7 Å². The van der Waals surface area contributed by atoms with E-state index in [4.69, 9.17) is 0 Å². The summed E-state index contributed by atoms with van der Waals surface area (Å²) >= 11 is 0. The van der Waals surface area contributed by atoms with Crippen LogP contribution in [0.15, 0.2) is 18.2 Å². The van der Waals surface area contributed by atoms with Crippen LogP contribution in [0.3, 0.4) is 0 Å². The van der Waals surface area contributed by atoms with E-state index in [1.54, 1.807) is 0 Å². The number of rotatable bonds is 2. The maximum absolute atomic E-state index is 2.31. The predicted molar refractivity (Wildman–Crippen MR) is 66.0 cm³/mol. The molecule has 0 N–H and O–H groups in total. The summed E-state index contributed by atoms with van der Waals surface area (Å²) < 4.78 is 0. The van der Waals surface area contributed by atoms with Gasteiger partial charge in [0, 0.05) is 0 Å². The molecule has 14 heavy (non-hydrogen) atoms. The molecule has 0 saturated heterocycles. The van der Waals surface area contributed by atoms with Gasteiger partial charge < -0.3 is 0 Å². The van der Waals surface area contributed by atoms with Crippen molar-refractivity contribution in [2.45, 2.75) is 53.9 Å². The van der Waals surface area contributed by atoms with Gasteiger partial charge in [-0.2, -0.15) is 0 Å². The van der Waals surface area contributed by atoms with E-state index >= 15 is 0 Å². The highest BCUT2D eigenvalue weighted by Gasteiger charge is 2.05. The Kier molecular flexibility index (Phi) is 6.27. The summed E-state index contributed by atoms with van der Waals surface area (Å²) in [6.07, 6.45) is 1.23. The predicted octanol–water partition coefficient (Wildman–Crippen LogP) is 4.84. The van der Waals surface area contributed by atoms with Crippen LogP contribution >= 0.6 is 0 Å². The lowest BCUT2D eigenvalue weighted by Gasteiger charge is -2.12. The van der Waals surface area contributed by atoms with Crippen LogP contribution in [0.2, 0.25) is 0 Å². The molecule has 0 aromatic heterocycles. The fourth-order valence-corrected chi connectivity index (χ4v) is 1.51. The SMILES string of the molecule is CC.CCC(C)c1cc(C)ccc1C. The molecule has 80 valence electrons. The quantitative estimate of drug-likeness (QED) is 0.628. The molecule has 0 aliphatic heterocycles. The van der Waals surface area contributed by atoms with Crippen LogP contribution in [0.25, 0.3) is 0 Å². The topological polar surface area (TPSA) is 0 Å². The molecular weight excluding hydrogens is 168 g/mol. The van der Waals surface area contributed by atoms with Crippen molar-refractivity contribution in [1.82, 2.24) is 0 Å². The molecule has 1 atom stereocenters. The van der Waals surface area contributed by atoms with E-state index in [0.717, 1.165) is 0 Å². The second-order valence-corrected chi connectivity index (χ2v) is 3.67. The van der Waals surface area contributed by atoms with E-state index in [1.807, 2.05) is 13.8 Å². The molecule has 0 heterocycles. The minimum Gasteiger partial charge on any atom is -0.0683 e. The van der Waals surface area contributed by atoms with E-state index in [2.05, 4.69) is 45.9 Å². The molecule has 0 heteroatoms. The summed E-state index contributed by atoms with van der Waals surface area (Å²) in [7, 11) is 0. The van der Waals surface area contributed by atoms with Crippen LogP contribution < -0.4 is 0 Å². The molecule has 1 rings (SSSR count). The van der Waals surface area contributed by atoms with Crippen LogP contribution in [0.4, 0.5) is 0 Å². The van der Waals surface area contributed by atoms with E-state index in [-0.39, 0.29) is 0 Å². The number of aryl methyl sites for hydroxylation is 2. The fraction of sp³-hybridized carbons (Fsp3) is 0.571. The Bertz CT molecular complexity index is 261. The van der Waals surface area contributed by atoms with Crippen molar-refractivity contribution in [3.63, 3.8) is 0 Å². The van der Waals surface area contributed by atoms with Crippen molar-refractivity contribution in [2.75, 3.05) is 0 Å². The van der Waals surface area contributed by atoms with Crippen molar-refractivity contribution in [1.29, 1.82) is 0 Å². The third-order valence-corrected chi connectivity index (χ3v) is 2.58. The normalized spacial score (nSPS) is 11.6. The summed E-state index contributed by atoms with van der Waals surface area (Å²) in [5.74, 6) is 0.699. The molecule has 0 saturated carbocycles. The average molecular weight is 192 g/mol. The summed E-state index contributed by atoms with van der Waals surface area (Å²) in [6, 6.07) is 6.71. The van der Waals surface area contributed by atoms with Gasteiger partial charge in [-0.05, 0) is 37.3 Å². The lowest BCUT2D eigenvalue weighted by Crippen LogP contribution is -1.95. The Morgan fingerprint density at radius 3 is 2.21 bits per heavy atom. The molecular formula is C14H24. The molecule has 1 aromatic rings. The Morgan fingerprint density at radius 2 is 1.71 bits per heavy atom. The summed E-state index contributed by atoms with van der Waals surface area (Å²) in [5, 5.41) is 0. The van der Waals surface area contributed by atoms with Crippen molar-refractivity contribution in [3.05, 3.63) is 34.9 Å². The van der Waals surface area contributed by atoms with Gasteiger partial charge in [0.15, 0.2) is 0 Å². The smallest absolute Gasteiger partial charge is 0.0190 e. The zero-order valence-electron chi connectivity index (χ0n) is 10.5. The number of hydrogen-bond donors (Lipinski definition) is 0. The largest absolute Gasteiger partial charge is 0.0683 e. The van der Waals surface area contributed by atoms with Crippen molar-refractivity contribution in [3.8, 4) is 0 Å².